The van der Waals surface area contributed by atoms with E-state index in [0.717, 1.165) is 16.2 Å². The molecule has 2 aromatic heterocycles. The lowest BCUT2D eigenvalue weighted by molar-refractivity contribution is 0.939. The highest BCUT2D eigenvalue weighted by atomic mass is 32.2. The average Bonchev–Trinajstić information content (AvgIpc) is 3.01. The van der Waals surface area contributed by atoms with Crippen molar-refractivity contribution in [1.29, 1.82) is 0 Å². The standard InChI is InChI=1S/C15H17N3S2/c1-9-3-4-11-12(7-9)18-15(17-11)20-13(8-16)14-10(2)5-6-19-14/h3-7,13H,8,16H2,1-2H3,(H,17,18). The van der Waals surface area contributed by atoms with Gasteiger partial charge in [-0.15, -0.1) is 11.3 Å². The first-order chi connectivity index (χ1) is 9.67. The zero-order valence-electron chi connectivity index (χ0n) is 11.5. The molecule has 2 heterocycles. The first kappa shape index (κ1) is 13.7. The van der Waals surface area contributed by atoms with Crippen LogP contribution < -0.4 is 5.73 Å². The molecule has 0 bridgehead atoms. The summed E-state index contributed by atoms with van der Waals surface area (Å²) in [6.07, 6.45) is 0. The van der Waals surface area contributed by atoms with Gasteiger partial charge in [-0.05, 0) is 48.6 Å². The van der Waals surface area contributed by atoms with Crippen molar-refractivity contribution in [2.24, 2.45) is 5.73 Å². The maximum Gasteiger partial charge on any atom is 0.167 e. The third kappa shape index (κ3) is 2.61. The Bertz CT molecular complexity index is 730. The highest BCUT2D eigenvalue weighted by molar-refractivity contribution is 7.99. The van der Waals surface area contributed by atoms with Crippen LogP contribution in [0.5, 0.6) is 0 Å². The molecule has 0 saturated carbocycles. The fourth-order valence-electron chi connectivity index (χ4n) is 2.21. The molecule has 0 spiro atoms. The number of nitrogens with two attached hydrogens (primary N) is 1. The maximum absolute atomic E-state index is 5.94. The molecule has 1 atom stereocenters. The van der Waals surface area contributed by atoms with Gasteiger partial charge in [0.15, 0.2) is 5.16 Å². The monoisotopic (exact) mass is 303 g/mol. The van der Waals surface area contributed by atoms with E-state index >= 15 is 0 Å². The van der Waals surface area contributed by atoms with Gasteiger partial charge in [-0.3, -0.25) is 0 Å². The third-order valence-corrected chi connectivity index (χ3v) is 5.69. The number of aryl methyl sites for hydroxylation is 2. The first-order valence-electron chi connectivity index (χ1n) is 6.54. The van der Waals surface area contributed by atoms with E-state index in [0.29, 0.717) is 6.54 Å². The number of thiophene rings is 1. The quantitative estimate of drug-likeness (QED) is 0.715. The number of rotatable bonds is 4. The van der Waals surface area contributed by atoms with Gasteiger partial charge in [-0.1, -0.05) is 17.8 Å². The lowest BCUT2D eigenvalue weighted by Gasteiger charge is -2.11. The smallest absolute Gasteiger partial charge is 0.167 e. The van der Waals surface area contributed by atoms with Crippen LogP contribution in [0.15, 0.2) is 34.8 Å². The number of hydrogen-bond acceptors (Lipinski definition) is 4. The van der Waals surface area contributed by atoms with Gasteiger partial charge in [0, 0.05) is 11.4 Å². The van der Waals surface area contributed by atoms with E-state index in [1.54, 1.807) is 23.1 Å². The molecule has 0 radical (unpaired) electrons. The molecular formula is C15H17N3S2. The largest absolute Gasteiger partial charge is 0.333 e. The molecule has 0 aliphatic heterocycles. The van der Waals surface area contributed by atoms with Crippen LogP contribution in [0.2, 0.25) is 0 Å². The summed E-state index contributed by atoms with van der Waals surface area (Å²) in [7, 11) is 0. The van der Waals surface area contributed by atoms with Crippen molar-refractivity contribution >= 4 is 34.1 Å². The maximum atomic E-state index is 5.94. The number of H-pyrrole nitrogens is 1. The molecule has 1 unspecified atom stereocenters. The van der Waals surface area contributed by atoms with E-state index < -0.39 is 0 Å². The zero-order chi connectivity index (χ0) is 14.1. The molecule has 104 valence electrons. The van der Waals surface area contributed by atoms with Gasteiger partial charge in [-0.2, -0.15) is 0 Å². The van der Waals surface area contributed by atoms with Crippen molar-refractivity contribution in [3.05, 3.63) is 45.6 Å². The van der Waals surface area contributed by atoms with Gasteiger partial charge in [0.2, 0.25) is 0 Å². The van der Waals surface area contributed by atoms with Gasteiger partial charge < -0.3 is 10.7 Å². The molecule has 0 amide bonds. The Morgan fingerprint density at radius 2 is 2.20 bits per heavy atom. The first-order valence-corrected chi connectivity index (χ1v) is 8.30. The Hall–Kier alpha value is -1.30. The molecule has 0 fully saturated rings. The number of aromatic nitrogens is 2. The summed E-state index contributed by atoms with van der Waals surface area (Å²) in [5.41, 5.74) is 10.6. The second-order valence-corrected chi connectivity index (χ2v) is 7.01. The van der Waals surface area contributed by atoms with E-state index in [1.807, 2.05) is 0 Å². The third-order valence-electron chi connectivity index (χ3n) is 3.28. The van der Waals surface area contributed by atoms with Crippen molar-refractivity contribution in [2.45, 2.75) is 24.3 Å². The number of fused-ring (bicyclic) bond motifs is 1. The molecule has 20 heavy (non-hydrogen) atoms. The van der Waals surface area contributed by atoms with E-state index in [1.165, 1.54) is 16.0 Å². The Balaban J connectivity index is 1.89. The van der Waals surface area contributed by atoms with Crippen LogP contribution in [-0.4, -0.2) is 16.5 Å². The number of aromatic amines is 1. The molecule has 3 nitrogen and oxygen atoms in total. The van der Waals surface area contributed by atoms with Crippen LogP contribution in [0.25, 0.3) is 11.0 Å². The van der Waals surface area contributed by atoms with E-state index in [9.17, 15) is 0 Å². The molecule has 0 aliphatic rings. The van der Waals surface area contributed by atoms with Crippen LogP contribution in [-0.2, 0) is 0 Å². The molecule has 1 aromatic carbocycles. The summed E-state index contributed by atoms with van der Waals surface area (Å²) in [4.78, 5) is 9.36. The normalized spacial score (nSPS) is 12.9. The second-order valence-electron chi connectivity index (χ2n) is 4.87. The van der Waals surface area contributed by atoms with Crippen molar-refractivity contribution in [3.63, 3.8) is 0 Å². The van der Waals surface area contributed by atoms with Crippen LogP contribution in [0.3, 0.4) is 0 Å². The Morgan fingerprint density at radius 1 is 1.35 bits per heavy atom. The minimum absolute atomic E-state index is 0.261. The van der Waals surface area contributed by atoms with E-state index in [4.69, 9.17) is 5.73 Å². The number of nitrogens with zero attached hydrogens (tertiary/aromatic N) is 1. The second kappa shape index (κ2) is 5.60. The molecule has 3 N–H and O–H groups in total. The van der Waals surface area contributed by atoms with Crippen LogP contribution in [0.4, 0.5) is 0 Å². The van der Waals surface area contributed by atoms with Gasteiger partial charge in [-0.25, -0.2) is 4.98 Å². The lowest BCUT2D eigenvalue weighted by atomic mass is 10.2. The average molecular weight is 303 g/mol. The molecule has 0 aliphatic carbocycles. The van der Waals surface area contributed by atoms with Gasteiger partial charge in [0.25, 0.3) is 0 Å². The number of imidazole rings is 1. The SMILES string of the molecule is Cc1ccc2nc(SC(CN)c3sccc3C)[nH]c2c1. The fraction of sp³-hybridized carbons (Fsp3) is 0.267. The Morgan fingerprint density at radius 3 is 2.90 bits per heavy atom. The van der Waals surface area contributed by atoms with E-state index in [2.05, 4.69) is 53.5 Å². The van der Waals surface area contributed by atoms with Crippen LogP contribution in [0, 0.1) is 13.8 Å². The Kier molecular flexibility index (Phi) is 3.83. The molecule has 5 heteroatoms. The number of hydrogen-bond donors (Lipinski definition) is 2. The fourth-order valence-corrected chi connectivity index (χ4v) is 4.42. The highest BCUT2D eigenvalue weighted by Gasteiger charge is 2.17. The molecular weight excluding hydrogens is 286 g/mol. The predicted molar refractivity (Wildman–Crippen MR) is 87.5 cm³/mol. The van der Waals surface area contributed by atoms with Crippen molar-refractivity contribution in [2.75, 3.05) is 6.54 Å². The summed E-state index contributed by atoms with van der Waals surface area (Å²) < 4.78 is 0. The number of benzene rings is 1. The lowest BCUT2D eigenvalue weighted by Crippen LogP contribution is -2.09. The molecule has 3 rings (SSSR count). The molecule has 3 aromatic rings. The van der Waals surface area contributed by atoms with Gasteiger partial charge >= 0.3 is 0 Å². The summed E-state index contributed by atoms with van der Waals surface area (Å²) in [6.45, 7) is 4.84. The highest BCUT2D eigenvalue weighted by Crippen LogP contribution is 2.37. The summed E-state index contributed by atoms with van der Waals surface area (Å²) in [6, 6.07) is 8.41. The van der Waals surface area contributed by atoms with Crippen molar-refractivity contribution < 1.29 is 0 Å². The number of nitrogens with one attached hydrogen (secondary N) is 1. The summed E-state index contributed by atoms with van der Waals surface area (Å²) >= 11 is 3.48. The van der Waals surface area contributed by atoms with Crippen molar-refractivity contribution in [1.82, 2.24) is 9.97 Å². The van der Waals surface area contributed by atoms with E-state index in [-0.39, 0.29) is 5.25 Å². The predicted octanol–water partition coefficient (Wildman–Crippen LogP) is 4.03. The topological polar surface area (TPSA) is 54.7 Å². The van der Waals surface area contributed by atoms with Gasteiger partial charge in [0.1, 0.15) is 0 Å². The minimum Gasteiger partial charge on any atom is -0.333 e. The minimum atomic E-state index is 0.261. The van der Waals surface area contributed by atoms with Crippen LogP contribution in [0.1, 0.15) is 21.3 Å². The summed E-state index contributed by atoms with van der Waals surface area (Å²) in [5.74, 6) is 0. The zero-order valence-corrected chi connectivity index (χ0v) is 13.1. The van der Waals surface area contributed by atoms with Gasteiger partial charge in [0.05, 0.1) is 16.3 Å². The van der Waals surface area contributed by atoms with Crippen LogP contribution >= 0.6 is 23.1 Å². The molecule has 0 saturated heterocycles. The number of thioether (sulfide) groups is 1. The summed E-state index contributed by atoms with van der Waals surface area (Å²) in [5, 5.41) is 3.32. The Labute approximate surface area is 126 Å². The van der Waals surface area contributed by atoms with Crippen molar-refractivity contribution in [3.8, 4) is 0 Å².